The molecule has 0 aliphatic carbocycles. The average Bonchev–Trinajstić information content (AvgIpc) is 3.12. The van der Waals surface area contributed by atoms with Crippen LogP contribution in [0.25, 0.3) is 10.9 Å². The number of hydrogen-bond donors (Lipinski definition) is 0. The molecular formula is C21H18N2O4. The summed E-state index contributed by atoms with van der Waals surface area (Å²) < 4.78 is 16.6. The van der Waals surface area contributed by atoms with Crippen LogP contribution < -0.4 is 14.2 Å². The number of hydrogen-bond acceptors (Lipinski definition) is 5. The zero-order chi connectivity index (χ0) is 18.2. The van der Waals surface area contributed by atoms with E-state index in [1.807, 2.05) is 54.6 Å². The van der Waals surface area contributed by atoms with Crippen LogP contribution in [0, 0.1) is 0 Å². The Kier molecular flexibility index (Phi) is 3.81. The third kappa shape index (κ3) is 3.14. The fraction of sp³-hybridized carbons (Fsp3) is 0.238. The van der Waals surface area contributed by atoms with Gasteiger partial charge in [0.05, 0.1) is 25.0 Å². The maximum absolute atomic E-state index is 12.5. The summed E-state index contributed by atoms with van der Waals surface area (Å²) in [6, 6.07) is 17.4. The number of carbonyl (C=O) groups is 1. The maximum Gasteiger partial charge on any atom is 0.231 e. The second-order valence-electron chi connectivity index (χ2n) is 6.75. The third-order valence-electron chi connectivity index (χ3n) is 4.85. The smallest absolute Gasteiger partial charge is 0.231 e. The van der Waals surface area contributed by atoms with Crippen molar-refractivity contribution in [1.82, 2.24) is 9.88 Å². The van der Waals surface area contributed by atoms with Gasteiger partial charge >= 0.3 is 0 Å². The lowest BCUT2D eigenvalue weighted by molar-refractivity contribution is -0.139. The zero-order valence-corrected chi connectivity index (χ0v) is 14.6. The number of benzene rings is 2. The second kappa shape index (κ2) is 6.46. The van der Waals surface area contributed by atoms with Gasteiger partial charge in [-0.3, -0.25) is 4.79 Å². The Morgan fingerprint density at radius 1 is 1.07 bits per heavy atom. The molecule has 0 radical (unpaired) electrons. The predicted octanol–water partition coefficient (Wildman–Crippen LogP) is 2.80. The standard InChI is InChI=1S/C21H18N2O4/c24-21(10-14-5-7-18-19(9-14)26-13-25-18)23-11-16(12-23)27-20-8-6-15-3-1-2-4-17(15)22-20/h1-9,16H,10-13H2. The Bertz CT molecular complexity index is 1010. The second-order valence-corrected chi connectivity index (χ2v) is 6.75. The minimum Gasteiger partial charge on any atom is -0.471 e. The average molecular weight is 362 g/mol. The molecule has 27 heavy (non-hydrogen) atoms. The summed E-state index contributed by atoms with van der Waals surface area (Å²) in [5.41, 5.74) is 1.83. The number of carbonyl (C=O) groups excluding carboxylic acids is 1. The summed E-state index contributed by atoms with van der Waals surface area (Å²) in [4.78, 5) is 18.8. The Labute approximate surface area is 156 Å². The molecule has 6 nitrogen and oxygen atoms in total. The van der Waals surface area contributed by atoms with Gasteiger partial charge in [0.1, 0.15) is 6.10 Å². The van der Waals surface area contributed by atoms with Crippen LogP contribution in [0.2, 0.25) is 0 Å². The quantitative estimate of drug-likeness (QED) is 0.714. The van der Waals surface area contributed by atoms with Gasteiger partial charge < -0.3 is 19.1 Å². The van der Waals surface area contributed by atoms with Crippen LogP contribution in [0.4, 0.5) is 0 Å². The molecule has 2 aromatic carbocycles. The van der Waals surface area contributed by atoms with Crippen LogP contribution in [0.3, 0.4) is 0 Å². The third-order valence-corrected chi connectivity index (χ3v) is 4.85. The summed E-state index contributed by atoms with van der Waals surface area (Å²) in [6.45, 7) is 1.40. The Hall–Kier alpha value is -3.28. The van der Waals surface area contributed by atoms with Gasteiger partial charge in [0.25, 0.3) is 0 Å². The van der Waals surface area contributed by atoms with Crippen molar-refractivity contribution in [2.24, 2.45) is 0 Å². The van der Waals surface area contributed by atoms with E-state index in [0.717, 1.165) is 22.2 Å². The Balaban J connectivity index is 1.17. The van der Waals surface area contributed by atoms with Gasteiger partial charge in [-0.25, -0.2) is 4.98 Å². The van der Waals surface area contributed by atoms with Crippen molar-refractivity contribution in [3.8, 4) is 17.4 Å². The zero-order valence-electron chi connectivity index (χ0n) is 14.6. The molecule has 2 aliphatic rings. The molecule has 136 valence electrons. The predicted molar refractivity (Wildman–Crippen MR) is 99.0 cm³/mol. The monoisotopic (exact) mass is 362 g/mol. The van der Waals surface area contributed by atoms with Crippen molar-refractivity contribution in [3.05, 3.63) is 60.2 Å². The van der Waals surface area contributed by atoms with Gasteiger partial charge in [0, 0.05) is 11.5 Å². The van der Waals surface area contributed by atoms with Crippen molar-refractivity contribution < 1.29 is 19.0 Å². The Morgan fingerprint density at radius 2 is 1.93 bits per heavy atom. The van der Waals surface area contributed by atoms with Gasteiger partial charge in [-0.05, 0) is 29.8 Å². The molecule has 0 bridgehead atoms. The van der Waals surface area contributed by atoms with E-state index in [-0.39, 0.29) is 18.8 Å². The lowest BCUT2D eigenvalue weighted by atomic mass is 10.1. The molecule has 3 heterocycles. The van der Waals surface area contributed by atoms with Gasteiger partial charge in [0.15, 0.2) is 11.5 Å². The minimum atomic E-state index is -0.0145. The van der Waals surface area contributed by atoms with Gasteiger partial charge in [-0.1, -0.05) is 24.3 Å². The fourth-order valence-electron chi connectivity index (χ4n) is 3.34. The first-order chi connectivity index (χ1) is 13.2. The van der Waals surface area contributed by atoms with Crippen molar-refractivity contribution in [1.29, 1.82) is 0 Å². The summed E-state index contributed by atoms with van der Waals surface area (Å²) in [5.74, 6) is 2.11. The number of likely N-dealkylation sites (tertiary alicyclic amines) is 1. The number of amides is 1. The highest BCUT2D eigenvalue weighted by atomic mass is 16.7. The van der Waals surface area contributed by atoms with Gasteiger partial charge in [-0.15, -0.1) is 0 Å². The largest absolute Gasteiger partial charge is 0.471 e. The molecule has 3 aromatic rings. The fourth-order valence-corrected chi connectivity index (χ4v) is 3.34. The molecule has 0 spiro atoms. The van der Waals surface area contributed by atoms with Crippen LogP contribution in [-0.2, 0) is 11.2 Å². The topological polar surface area (TPSA) is 60.9 Å². The summed E-state index contributed by atoms with van der Waals surface area (Å²) in [5, 5.41) is 1.08. The molecule has 0 unspecified atom stereocenters. The molecule has 2 aliphatic heterocycles. The number of nitrogens with zero attached hydrogens (tertiary/aromatic N) is 2. The van der Waals surface area contributed by atoms with Crippen LogP contribution >= 0.6 is 0 Å². The van der Waals surface area contributed by atoms with Crippen molar-refractivity contribution in [2.75, 3.05) is 19.9 Å². The van der Waals surface area contributed by atoms with E-state index < -0.39 is 0 Å². The van der Waals surface area contributed by atoms with Gasteiger partial charge in [-0.2, -0.15) is 0 Å². The van der Waals surface area contributed by atoms with E-state index in [1.165, 1.54) is 0 Å². The highest BCUT2D eigenvalue weighted by Gasteiger charge is 2.32. The van der Waals surface area contributed by atoms with E-state index in [0.29, 0.717) is 31.1 Å². The van der Waals surface area contributed by atoms with E-state index >= 15 is 0 Å². The molecule has 1 saturated heterocycles. The molecule has 1 amide bonds. The highest BCUT2D eigenvalue weighted by Crippen LogP contribution is 2.32. The minimum absolute atomic E-state index is 0.0145. The van der Waals surface area contributed by atoms with Crippen LogP contribution in [0.15, 0.2) is 54.6 Å². The van der Waals surface area contributed by atoms with Crippen molar-refractivity contribution in [2.45, 2.75) is 12.5 Å². The molecule has 0 atom stereocenters. The van der Waals surface area contributed by atoms with Crippen molar-refractivity contribution in [3.63, 3.8) is 0 Å². The number of ether oxygens (including phenoxy) is 3. The first-order valence-corrected chi connectivity index (χ1v) is 8.93. The number of para-hydroxylation sites is 1. The van der Waals surface area contributed by atoms with Crippen LogP contribution in [0.5, 0.6) is 17.4 Å². The number of pyridine rings is 1. The number of fused-ring (bicyclic) bond motifs is 2. The SMILES string of the molecule is O=C(Cc1ccc2c(c1)OCO2)N1CC(Oc2ccc3ccccc3n2)C1. The summed E-state index contributed by atoms with van der Waals surface area (Å²) in [7, 11) is 0. The molecular weight excluding hydrogens is 344 g/mol. The molecule has 5 rings (SSSR count). The van der Waals surface area contributed by atoms with Crippen molar-refractivity contribution >= 4 is 16.8 Å². The highest BCUT2D eigenvalue weighted by molar-refractivity contribution is 5.80. The summed E-state index contributed by atoms with van der Waals surface area (Å²) >= 11 is 0. The van der Waals surface area contributed by atoms with Crippen LogP contribution in [0.1, 0.15) is 5.56 Å². The number of rotatable bonds is 4. The van der Waals surface area contributed by atoms with E-state index in [2.05, 4.69) is 4.98 Å². The lowest BCUT2D eigenvalue weighted by Gasteiger charge is -2.38. The van der Waals surface area contributed by atoms with E-state index in [1.54, 1.807) is 4.90 Å². The summed E-state index contributed by atoms with van der Waals surface area (Å²) in [6.07, 6.45) is 0.330. The molecule has 1 fully saturated rings. The van der Waals surface area contributed by atoms with Gasteiger partial charge in [0.2, 0.25) is 18.6 Å². The maximum atomic E-state index is 12.5. The number of aromatic nitrogens is 1. The molecule has 0 N–H and O–H groups in total. The lowest BCUT2D eigenvalue weighted by Crippen LogP contribution is -2.56. The molecule has 0 saturated carbocycles. The van der Waals surface area contributed by atoms with Crippen LogP contribution in [-0.4, -0.2) is 41.8 Å². The normalized spacial score (nSPS) is 15.6. The van der Waals surface area contributed by atoms with E-state index in [9.17, 15) is 4.79 Å². The molecule has 6 heteroatoms. The first kappa shape index (κ1) is 15.9. The van der Waals surface area contributed by atoms with E-state index in [4.69, 9.17) is 14.2 Å². The molecule has 1 aromatic heterocycles. The first-order valence-electron chi connectivity index (χ1n) is 8.93. The Morgan fingerprint density at radius 3 is 2.85 bits per heavy atom.